The number of amides is 5. The summed E-state index contributed by atoms with van der Waals surface area (Å²) >= 11 is 0. The summed E-state index contributed by atoms with van der Waals surface area (Å²) in [6.07, 6.45) is 0.365. The van der Waals surface area contributed by atoms with Crippen LogP contribution in [0.25, 0.3) is 0 Å². The van der Waals surface area contributed by atoms with E-state index >= 15 is 0 Å². The van der Waals surface area contributed by atoms with Gasteiger partial charge in [-0.05, 0) is 49.4 Å². The molecule has 12 nitrogen and oxygen atoms in total. The lowest BCUT2D eigenvalue weighted by atomic mass is 10.0. The predicted octanol–water partition coefficient (Wildman–Crippen LogP) is -0.113. The second kappa shape index (κ2) is 16.7. The lowest BCUT2D eigenvalue weighted by Crippen LogP contribution is -2.57. The molecule has 0 radical (unpaired) electrons. The van der Waals surface area contributed by atoms with E-state index in [-0.39, 0.29) is 30.4 Å². The lowest BCUT2D eigenvalue weighted by Gasteiger charge is -2.25. The third kappa shape index (κ3) is 11.2. The molecule has 0 unspecified atom stereocenters. The topological polar surface area (TPSA) is 192 Å². The first kappa shape index (κ1) is 33.8. The number of phenolic OH excluding ortho intramolecular Hbond substituents is 1. The van der Waals surface area contributed by atoms with Gasteiger partial charge in [-0.2, -0.15) is 0 Å². The van der Waals surface area contributed by atoms with E-state index < -0.39 is 54.3 Å². The van der Waals surface area contributed by atoms with Crippen LogP contribution in [0, 0.1) is 5.92 Å². The zero-order valence-electron chi connectivity index (χ0n) is 24.5. The molecule has 5 amide bonds. The summed E-state index contributed by atoms with van der Waals surface area (Å²) in [5.41, 5.74) is 7.49. The van der Waals surface area contributed by atoms with Gasteiger partial charge in [0.1, 0.15) is 23.9 Å². The number of hydrogen-bond acceptors (Lipinski definition) is 7. The molecule has 4 atom stereocenters. The van der Waals surface area contributed by atoms with Gasteiger partial charge in [0.05, 0.1) is 12.6 Å². The number of rotatable bonds is 15. The van der Waals surface area contributed by atoms with Crippen LogP contribution in [0.5, 0.6) is 5.75 Å². The van der Waals surface area contributed by atoms with Crippen molar-refractivity contribution in [3.05, 3.63) is 65.7 Å². The van der Waals surface area contributed by atoms with Crippen LogP contribution in [-0.2, 0) is 36.8 Å². The van der Waals surface area contributed by atoms with Crippen LogP contribution in [0.4, 0.5) is 0 Å². The van der Waals surface area contributed by atoms with E-state index in [1.165, 1.54) is 19.1 Å². The minimum Gasteiger partial charge on any atom is -0.508 e. The summed E-state index contributed by atoms with van der Waals surface area (Å²) in [5.74, 6) is -2.75. The molecule has 8 N–H and O–H groups in total. The third-order valence-electron chi connectivity index (χ3n) is 6.44. The first-order valence-corrected chi connectivity index (χ1v) is 13.9. The second-order valence-corrected chi connectivity index (χ2v) is 10.4. The molecule has 12 heteroatoms. The summed E-state index contributed by atoms with van der Waals surface area (Å²) in [4.78, 5) is 63.5. The molecule has 2 rings (SSSR count). The molecule has 0 aliphatic carbocycles. The molecule has 0 fully saturated rings. The Morgan fingerprint density at radius 2 is 1.36 bits per heavy atom. The molecule has 42 heavy (non-hydrogen) atoms. The third-order valence-corrected chi connectivity index (χ3v) is 6.44. The molecule has 0 aliphatic rings. The average molecular weight is 583 g/mol. The number of nitrogens with two attached hydrogens (primary N) is 1. The Balaban J connectivity index is 1.96. The molecule has 228 valence electrons. The first-order chi connectivity index (χ1) is 19.9. The fourth-order valence-corrected chi connectivity index (χ4v) is 4.06. The smallest absolute Gasteiger partial charge is 0.243 e. The van der Waals surface area contributed by atoms with Crippen molar-refractivity contribution in [2.24, 2.45) is 11.7 Å². The number of hydrogen-bond donors (Lipinski definition) is 7. The van der Waals surface area contributed by atoms with Gasteiger partial charge < -0.3 is 37.4 Å². The number of carbonyl (C=O) groups is 5. The Labute approximate surface area is 246 Å². The van der Waals surface area contributed by atoms with Crippen molar-refractivity contribution in [3.63, 3.8) is 0 Å². The number of phenols is 1. The normalized spacial score (nSPS) is 13.7. The van der Waals surface area contributed by atoms with Crippen molar-refractivity contribution in [1.29, 1.82) is 0 Å². The fourth-order valence-electron chi connectivity index (χ4n) is 4.06. The second-order valence-electron chi connectivity index (χ2n) is 10.4. The highest BCUT2D eigenvalue weighted by Gasteiger charge is 2.29. The Morgan fingerprint density at radius 1 is 0.738 bits per heavy atom. The van der Waals surface area contributed by atoms with E-state index in [0.29, 0.717) is 6.54 Å². The van der Waals surface area contributed by atoms with Crippen LogP contribution in [0.15, 0.2) is 54.6 Å². The SMILES string of the molecule is CCNC(=O)[C@H](NC(=O)[C@H](Cc1ccccc1)NC(=O)CNC(=O)[C@@H](C)NC(=O)[C@@H](N)Cc1ccc(O)cc1)C(C)C. The van der Waals surface area contributed by atoms with Gasteiger partial charge in [-0.3, -0.25) is 24.0 Å². The molecule has 0 heterocycles. The number of nitrogens with one attached hydrogen (secondary N) is 5. The highest BCUT2D eigenvalue weighted by Crippen LogP contribution is 2.11. The van der Waals surface area contributed by atoms with Crippen LogP contribution in [0.2, 0.25) is 0 Å². The zero-order chi connectivity index (χ0) is 31.2. The maximum absolute atomic E-state index is 13.2. The monoisotopic (exact) mass is 582 g/mol. The Morgan fingerprint density at radius 3 is 1.95 bits per heavy atom. The standard InChI is InChI=1S/C30H42N6O6/c1-5-32-30(42)26(18(2)3)36-29(41)24(16-20-9-7-6-8-10-20)35-25(38)17-33-27(39)19(4)34-28(40)23(31)15-21-11-13-22(37)14-12-21/h6-14,18-19,23-24,26,37H,5,15-17,31H2,1-4H3,(H,32,42)(H,33,39)(H,34,40)(H,35,38)(H,36,41)/t19-,23+,24+,26-/m1/s1. The largest absolute Gasteiger partial charge is 0.508 e. The van der Waals surface area contributed by atoms with E-state index in [1.807, 2.05) is 30.3 Å². The van der Waals surface area contributed by atoms with Gasteiger partial charge in [0.15, 0.2) is 0 Å². The van der Waals surface area contributed by atoms with Gasteiger partial charge >= 0.3 is 0 Å². The Hall–Kier alpha value is -4.45. The van der Waals surface area contributed by atoms with Gasteiger partial charge in [-0.15, -0.1) is 0 Å². The quantitative estimate of drug-likeness (QED) is 0.152. The van der Waals surface area contributed by atoms with Crippen molar-refractivity contribution >= 4 is 29.5 Å². The summed E-state index contributed by atoms with van der Waals surface area (Å²) in [7, 11) is 0. The van der Waals surface area contributed by atoms with E-state index in [0.717, 1.165) is 11.1 Å². The molecule has 2 aromatic rings. The van der Waals surface area contributed by atoms with Crippen molar-refractivity contribution < 1.29 is 29.1 Å². The number of carbonyl (C=O) groups excluding carboxylic acids is 5. The minimum atomic E-state index is -1.01. The zero-order valence-corrected chi connectivity index (χ0v) is 24.5. The molecule has 2 aromatic carbocycles. The predicted molar refractivity (Wildman–Crippen MR) is 158 cm³/mol. The van der Waals surface area contributed by atoms with Crippen molar-refractivity contribution in [2.75, 3.05) is 13.1 Å². The molecule has 0 aromatic heterocycles. The summed E-state index contributed by atoms with van der Waals surface area (Å²) in [5, 5.41) is 22.4. The van der Waals surface area contributed by atoms with Gasteiger partial charge in [-0.1, -0.05) is 56.3 Å². The van der Waals surface area contributed by atoms with Crippen LogP contribution in [0.1, 0.15) is 38.8 Å². The van der Waals surface area contributed by atoms with E-state index in [1.54, 1.807) is 32.9 Å². The van der Waals surface area contributed by atoms with Crippen molar-refractivity contribution in [2.45, 2.75) is 64.7 Å². The van der Waals surface area contributed by atoms with Crippen molar-refractivity contribution in [3.8, 4) is 5.75 Å². The number of aromatic hydroxyl groups is 1. The van der Waals surface area contributed by atoms with E-state index in [9.17, 15) is 29.1 Å². The maximum atomic E-state index is 13.2. The number of benzene rings is 2. The highest BCUT2D eigenvalue weighted by molar-refractivity contribution is 5.94. The van der Waals surface area contributed by atoms with Gasteiger partial charge in [0.2, 0.25) is 29.5 Å². The van der Waals surface area contributed by atoms with E-state index in [2.05, 4.69) is 26.6 Å². The van der Waals surface area contributed by atoms with Crippen LogP contribution >= 0.6 is 0 Å². The summed E-state index contributed by atoms with van der Waals surface area (Å²) < 4.78 is 0. The fraction of sp³-hybridized carbons (Fsp3) is 0.433. The molecule has 0 saturated carbocycles. The van der Waals surface area contributed by atoms with Gasteiger partial charge in [-0.25, -0.2) is 0 Å². The molecule has 0 spiro atoms. The molecule has 0 bridgehead atoms. The molecule has 0 saturated heterocycles. The lowest BCUT2D eigenvalue weighted by molar-refractivity contribution is -0.133. The van der Waals surface area contributed by atoms with Crippen LogP contribution < -0.4 is 32.3 Å². The number of likely N-dealkylation sites (N-methyl/N-ethyl adjacent to an activating group) is 1. The molecular formula is C30H42N6O6. The molecular weight excluding hydrogens is 540 g/mol. The van der Waals surface area contributed by atoms with Crippen LogP contribution in [0.3, 0.4) is 0 Å². The average Bonchev–Trinajstić information content (AvgIpc) is 2.95. The van der Waals surface area contributed by atoms with Crippen LogP contribution in [-0.4, -0.2) is 71.9 Å². The Kier molecular flexibility index (Phi) is 13.4. The van der Waals surface area contributed by atoms with Gasteiger partial charge in [0, 0.05) is 13.0 Å². The Bertz CT molecular complexity index is 1200. The highest BCUT2D eigenvalue weighted by atomic mass is 16.3. The maximum Gasteiger partial charge on any atom is 0.243 e. The minimum absolute atomic E-state index is 0.0947. The van der Waals surface area contributed by atoms with E-state index in [4.69, 9.17) is 5.73 Å². The first-order valence-electron chi connectivity index (χ1n) is 13.9. The molecule has 0 aliphatic heterocycles. The van der Waals surface area contributed by atoms with Gasteiger partial charge in [0.25, 0.3) is 0 Å². The summed E-state index contributed by atoms with van der Waals surface area (Å²) in [6, 6.07) is 11.6. The summed E-state index contributed by atoms with van der Waals surface area (Å²) in [6.45, 7) is 6.81. The van der Waals surface area contributed by atoms with Crippen molar-refractivity contribution in [1.82, 2.24) is 26.6 Å².